The Hall–Kier alpha value is -2.84. The number of hydrogen-bond donors (Lipinski definition) is 2. The second kappa shape index (κ2) is 7.77. The summed E-state index contributed by atoms with van der Waals surface area (Å²) >= 11 is 6.08. The summed E-state index contributed by atoms with van der Waals surface area (Å²) in [5.74, 6) is -0.633. The molecule has 9 heteroatoms. The van der Waals surface area contributed by atoms with Crippen LogP contribution in [0.5, 0.6) is 0 Å². The molecule has 2 aromatic heterocycles. The van der Waals surface area contributed by atoms with E-state index >= 15 is 0 Å². The fourth-order valence-electron chi connectivity index (χ4n) is 3.53. The van der Waals surface area contributed by atoms with Crippen LogP contribution in [0, 0.1) is 5.82 Å². The van der Waals surface area contributed by atoms with Gasteiger partial charge in [-0.1, -0.05) is 11.6 Å². The number of amides is 1. The smallest absolute Gasteiger partial charge is 0.255 e. The Labute approximate surface area is 178 Å². The zero-order valence-electron chi connectivity index (χ0n) is 17.3. The number of benzene rings is 1. The summed E-state index contributed by atoms with van der Waals surface area (Å²) in [5.41, 5.74) is 3.71. The topological polar surface area (TPSA) is 76.9 Å². The third kappa shape index (κ3) is 3.57. The first-order valence-electron chi connectivity index (χ1n) is 9.70. The maximum atomic E-state index is 14.7. The summed E-state index contributed by atoms with van der Waals surface area (Å²) in [6.45, 7) is 5.19. The molecule has 1 aliphatic rings. The molecule has 0 bridgehead atoms. The summed E-state index contributed by atoms with van der Waals surface area (Å²) in [7, 11) is 3.95. The molecule has 0 saturated carbocycles. The summed E-state index contributed by atoms with van der Waals surface area (Å²) in [6, 6.07) is 3.04. The van der Waals surface area contributed by atoms with Crippen molar-refractivity contribution in [1.82, 2.24) is 25.2 Å². The lowest BCUT2D eigenvalue weighted by molar-refractivity contribution is -0.452. The predicted molar refractivity (Wildman–Crippen MR) is 114 cm³/mol. The Morgan fingerprint density at radius 3 is 2.83 bits per heavy atom. The minimum atomic E-state index is -0.401. The fraction of sp³-hybridized carbons (Fsp3) is 0.333. The second-order valence-corrected chi connectivity index (χ2v) is 8.30. The van der Waals surface area contributed by atoms with Gasteiger partial charge in [-0.3, -0.25) is 4.79 Å². The van der Waals surface area contributed by atoms with Gasteiger partial charge in [0.15, 0.2) is 23.4 Å². The van der Waals surface area contributed by atoms with Gasteiger partial charge in [0.1, 0.15) is 11.3 Å². The summed E-state index contributed by atoms with van der Waals surface area (Å²) < 4.78 is 16.7. The number of nitrogens with one attached hydrogen (secondary N) is 2. The van der Waals surface area contributed by atoms with Gasteiger partial charge in [-0.2, -0.15) is 4.58 Å². The van der Waals surface area contributed by atoms with Gasteiger partial charge in [0.2, 0.25) is 11.4 Å². The van der Waals surface area contributed by atoms with Crippen LogP contribution in [-0.2, 0) is 0 Å². The highest BCUT2D eigenvalue weighted by molar-refractivity contribution is 6.31. The van der Waals surface area contributed by atoms with Gasteiger partial charge in [0, 0.05) is 18.3 Å². The van der Waals surface area contributed by atoms with Crippen molar-refractivity contribution >= 4 is 40.1 Å². The monoisotopic (exact) mass is 429 g/mol. The minimum Gasteiger partial charge on any atom is -0.350 e. The molecule has 156 valence electrons. The van der Waals surface area contributed by atoms with Crippen molar-refractivity contribution in [2.75, 3.05) is 27.2 Å². The van der Waals surface area contributed by atoms with Crippen molar-refractivity contribution in [2.24, 2.45) is 0 Å². The molecule has 0 spiro atoms. The van der Waals surface area contributed by atoms with E-state index in [-0.39, 0.29) is 11.9 Å². The Bertz CT molecular complexity index is 1180. The molecule has 1 amide bonds. The maximum absolute atomic E-state index is 14.7. The van der Waals surface area contributed by atoms with Gasteiger partial charge in [0.25, 0.3) is 5.91 Å². The normalized spacial score (nSPS) is 13.2. The van der Waals surface area contributed by atoms with E-state index in [4.69, 9.17) is 11.6 Å². The van der Waals surface area contributed by atoms with Gasteiger partial charge >= 0.3 is 0 Å². The van der Waals surface area contributed by atoms with Crippen molar-refractivity contribution in [3.05, 3.63) is 52.2 Å². The number of carbonyl (C=O) groups excluding carboxylic acids is 1. The summed E-state index contributed by atoms with van der Waals surface area (Å²) in [5, 5.41) is 3.21. The summed E-state index contributed by atoms with van der Waals surface area (Å²) in [4.78, 5) is 26.6. The number of rotatable bonds is 6. The lowest BCUT2D eigenvalue weighted by Crippen LogP contribution is -2.36. The molecule has 3 heterocycles. The van der Waals surface area contributed by atoms with Gasteiger partial charge in [-0.25, -0.2) is 14.4 Å². The van der Waals surface area contributed by atoms with E-state index in [0.29, 0.717) is 45.3 Å². The number of hydrogen-bond acceptors (Lipinski definition) is 4. The zero-order valence-corrected chi connectivity index (χ0v) is 18.0. The molecule has 0 fully saturated rings. The molecule has 4 rings (SSSR count). The van der Waals surface area contributed by atoms with Crippen LogP contribution in [0.15, 0.2) is 24.5 Å². The molecule has 30 heavy (non-hydrogen) atoms. The predicted octanol–water partition coefficient (Wildman–Crippen LogP) is 2.95. The Morgan fingerprint density at radius 1 is 1.37 bits per heavy atom. The van der Waals surface area contributed by atoms with Crippen LogP contribution in [0.3, 0.4) is 0 Å². The largest absolute Gasteiger partial charge is 0.350 e. The van der Waals surface area contributed by atoms with Gasteiger partial charge in [0.05, 0.1) is 23.3 Å². The molecule has 7 nitrogen and oxygen atoms in total. The van der Waals surface area contributed by atoms with Crippen LogP contribution in [0.2, 0.25) is 5.02 Å². The molecular weight excluding hydrogens is 407 g/mol. The maximum Gasteiger partial charge on any atom is 0.255 e. The number of nitrogens with zero attached hydrogens (tertiary/aromatic N) is 4. The highest BCUT2D eigenvalue weighted by Gasteiger charge is 2.41. The minimum absolute atomic E-state index is 0.00755. The van der Waals surface area contributed by atoms with Crippen LogP contribution in [-0.4, -0.2) is 69.3 Å². The molecule has 1 aromatic carbocycles. The standard InChI is InChI=1S/C21H22ClFN6O/c1-11(2)26-21(30)13-9-24-20-18(13)27-15(10-25-20)19-17-14(23)7-12(22)8-16(17)29(19)6-5-28(3)4/h7-11H,5-6H2,1-4H3,(H,26,30)/p+1. The SMILES string of the molecule is CC(C)NC(=O)c1c[nH]c2ncc(C3=[N+](CCN(C)C)c4cc(Cl)cc(F)c43)nc12. The zero-order chi connectivity index (χ0) is 21.6. The van der Waals surface area contributed by atoms with E-state index in [1.54, 1.807) is 18.5 Å². The molecule has 1 aliphatic heterocycles. The number of fused-ring (bicyclic) bond motifs is 2. The van der Waals surface area contributed by atoms with E-state index in [9.17, 15) is 9.18 Å². The fourth-order valence-corrected chi connectivity index (χ4v) is 3.73. The summed E-state index contributed by atoms with van der Waals surface area (Å²) in [6.07, 6.45) is 3.19. The van der Waals surface area contributed by atoms with Gasteiger partial charge in [-0.15, -0.1) is 0 Å². The first-order chi connectivity index (χ1) is 14.3. The lowest BCUT2D eigenvalue weighted by Gasteiger charge is -2.21. The number of aromatic nitrogens is 3. The third-order valence-electron chi connectivity index (χ3n) is 4.89. The highest BCUT2D eigenvalue weighted by atomic mass is 35.5. The Balaban J connectivity index is 1.82. The molecule has 0 saturated heterocycles. The van der Waals surface area contributed by atoms with Crippen LogP contribution in [0.4, 0.5) is 10.1 Å². The third-order valence-corrected chi connectivity index (χ3v) is 5.11. The van der Waals surface area contributed by atoms with E-state index in [1.165, 1.54) is 6.07 Å². The second-order valence-electron chi connectivity index (χ2n) is 7.87. The first-order valence-corrected chi connectivity index (χ1v) is 10.1. The van der Waals surface area contributed by atoms with E-state index in [1.807, 2.05) is 37.4 Å². The molecule has 0 atom stereocenters. The molecule has 0 radical (unpaired) electrons. The van der Waals surface area contributed by atoms with Crippen molar-refractivity contribution in [3.63, 3.8) is 0 Å². The highest BCUT2D eigenvalue weighted by Crippen LogP contribution is 2.36. The van der Waals surface area contributed by atoms with Crippen molar-refractivity contribution < 1.29 is 13.8 Å². The van der Waals surface area contributed by atoms with Crippen molar-refractivity contribution in [1.29, 1.82) is 0 Å². The Morgan fingerprint density at radius 2 is 2.13 bits per heavy atom. The lowest BCUT2D eigenvalue weighted by atomic mass is 9.96. The molecule has 2 N–H and O–H groups in total. The van der Waals surface area contributed by atoms with Crippen LogP contribution >= 0.6 is 11.6 Å². The van der Waals surface area contributed by atoms with Crippen LogP contribution < -0.4 is 5.32 Å². The van der Waals surface area contributed by atoms with Crippen molar-refractivity contribution in [2.45, 2.75) is 19.9 Å². The van der Waals surface area contributed by atoms with Crippen LogP contribution in [0.1, 0.15) is 35.5 Å². The number of likely N-dealkylation sites (N-methyl/N-ethyl adjacent to an activating group) is 1. The number of H-pyrrole nitrogens is 1. The molecule has 0 aliphatic carbocycles. The van der Waals surface area contributed by atoms with E-state index in [2.05, 4.69) is 20.3 Å². The number of aromatic amines is 1. The van der Waals surface area contributed by atoms with Gasteiger partial charge < -0.3 is 15.2 Å². The van der Waals surface area contributed by atoms with Crippen molar-refractivity contribution in [3.8, 4) is 0 Å². The average molecular weight is 430 g/mol. The average Bonchev–Trinajstić information content (AvgIpc) is 3.06. The molecule has 3 aromatic rings. The van der Waals surface area contributed by atoms with Crippen LogP contribution in [0.25, 0.3) is 11.2 Å². The van der Waals surface area contributed by atoms with E-state index in [0.717, 1.165) is 12.2 Å². The first kappa shape index (κ1) is 20.4. The number of carbonyl (C=O) groups is 1. The molecular formula is C21H23ClFN6O+. The van der Waals surface area contributed by atoms with Gasteiger partial charge in [-0.05, 0) is 34.0 Å². The number of halogens is 2. The van der Waals surface area contributed by atoms with E-state index < -0.39 is 5.82 Å². The quantitative estimate of drug-likeness (QED) is 0.591. The Kier molecular flexibility index (Phi) is 5.29. The molecule has 0 unspecified atom stereocenters.